The molecule has 1 aromatic carbocycles. The number of rotatable bonds is 4. The van der Waals surface area contributed by atoms with Gasteiger partial charge in [0.15, 0.2) is 0 Å². The summed E-state index contributed by atoms with van der Waals surface area (Å²) in [4.78, 5) is 10.1. The Balaban J connectivity index is 2.25. The molecule has 0 aliphatic heterocycles. The molecule has 0 saturated carbocycles. The molecule has 1 rings (SSSR count). The van der Waals surface area contributed by atoms with E-state index in [4.69, 9.17) is 5.11 Å². The van der Waals surface area contributed by atoms with E-state index in [1.807, 2.05) is 0 Å². The van der Waals surface area contributed by atoms with Crippen LogP contribution in [-0.2, 0) is 0 Å². The molecule has 0 atom stereocenters. The Bertz CT molecular complexity index is 300. The van der Waals surface area contributed by atoms with E-state index >= 15 is 0 Å². The van der Waals surface area contributed by atoms with Gasteiger partial charge in [-0.2, -0.15) is 0 Å². The lowest BCUT2D eigenvalue weighted by atomic mass is 10.3. The van der Waals surface area contributed by atoms with Gasteiger partial charge in [0.2, 0.25) is 0 Å². The second kappa shape index (κ2) is 5.06. The summed E-state index contributed by atoms with van der Waals surface area (Å²) in [5.74, 6) is -0.292. The van der Waals surface area contributed by atoms with Crippen molar-refractivity contribution >= 4 is 11.8 Å². The molecule has 0 aromatic heterocycles. The largest absolute Gasteiger partial charge is 0.465 e. The Morgan fingerprint density at radius 1 is 1.29 bits per heavy atom. The number of anilines is 1. The Labute approximate surface area is 80.7 Å². The normalized spacial score (nSPS) is 9.50. The highest BCUT2D eigenvalue weighted by Crippen LogP contribution is 2.06. The lowest BCUT2D eigenvalue weighted by Gasteiger charge is -2.05. The van der Waals surface area contributed by atoms with Crippen LogP contribution in [0.1, 0.15) is 0 Å². The third-order valence-corrected chi connectivity index (χ3v) is 1.57. The van der Waals surface area contributed by atoms with Gasteiger partial charge in [0.1, 0.15) is 5.82 Å². The molecule has 3 N–H and O–H groups in total. The van der Waals surface area contributed by atoms with Crippen molar-refractivity contribution in [2.45, 2.75) is 0 Å². The molecule has 14 heavy (non-hydrogen) atoms. The fourth-order valence-electron chi connectivity index (χ4n) is 0.944. The molecule has 0 bridgehead atoms. The third-order valence-electron chi connectivity index (χ3n) is 1.57. The van der Waals surface area contributed by atoms with Gasteiger partial charge in [0.05, 0.1) is 0 Å². The van der Waals surface area contributed by atoms with Crippen LogP contribution >= 0.6 is 0 Å². The van der Waals surface area contributed by atoms with E-state index in [9.17, 15) is 9.18 Å². The van der Waals surface area contributed by atoms with Crippen molar-refractivity contribution in [3.05, 3.63) is 30.1 Å². The van der Waals surface area contributed by atoms with Crippen LogP contribution in [0.5, 0.6) is 0 Å². The maximum absolute atomic E-state index is 12.5. The zero-order valence-electron chi connectivity index (χ0n) is 7.46. The zero-order chi connectivity index (χ0) is 10.4. The average molecular weight is 198 g/mol. The molecule has 1 aromatic rings. The van der Waals surface area contributed by atoms with Crippen LogP contribution < -0.4 is 10.6 Å². The second-order valence-corrected chi connectivity index (χ2v) is 2.67. The number of benzene rings is 1. The molecule has 0 saturated heterocycles. The van der Waals surface area contributed by atoms with Crippen molar-refractivity contribution < 1.29 is 14.3 Å². The Morgan fingerprint density at radius 3 is 2.50 bits per heavy atom. The van der Waals surface area contributed by atoms with Crippen LogP contribution in [-0.4, -0.2) is 24.3 Å². The highest BCUT2D eigenvalue weighted by Gasteiger charge is 1.94. The summed E-state index contributed by atoms with van der Waals surface area (Å²) in [6.45, 7) is 0.782. The average Bonchev–Trinajstić information content (AvgIpc) is 2.15. The number of nitrogens with one attached hydrogen (secondary N) is 2. The maximum Gasteiger partial charge on any atom is 0.404 e. The lowest BCUT2D eigenvalue weighted by Crippen LogP contribution is -2.26. The molecule has 1 amide bonds. The van der Waals surface area contributed by atoms with Crippen molar-refractivity contribution in [2.75, 3.05) is 18.4 Å². The van der Waals surface area contributed by atoms with Gasteiger partial charge < -0.3 is 15.7 Å². The van der Waals surface area contributed by atoms with E-state index in [2.05, 4.69) is 10.6 Å². The molecule has 0 unspecified atom stereocenters. The fourth-order valence-corrected chi connectivity index (χ4v) is 0.944. The monoisotopic (exact) mass is 198 g/mol. The van der Waals surface area contributed by atoms with Crippen molar-refractivity contribution in [1.82, 2.24) is 5.32 Å². The van der Waals surface area contributed by atoms with E-state index in [1.165, 1.54) is 12.1 Å². The molecule has 4 nitrogen and oxygen atoms in total. The molecular formula is C9H11FN2O2. The van der Waals surface area contributed by atoms with Crippen molar-refractivity contribution in [3.8, 4) is 0 Å². The number of carbonyl (C=O) groups is 1. The summed E-state index contributed by atoms with van der Waals surface area (Å²) in [6.07, 6.45) is -1.05. The third kappa shape index (κ3) is 3.75. The van der Waals surface area contributed by atoms with Gasteiger partial charge in [-0.15, -0.1) is 0 Å². The van der Waals surface area contributed by atoms with E-state index in [-0.39, 0.29) is 5.82 Å². The fraction of sp³-hybridized carbons (Fsp3) is 0.222. The molecular weight excluding hydrogens is 187 g/mol. The van der Waals surface area contributed by atoms with Gasteiger partial charge in [-0.25, -0.2) is 9.18 Å². The Hall–Kier alpha value is -1.78. The van der Waals surface area contributed by atoms with E-state index in [0.29, 0.717) is 13.1 Å². The van der Waals surface area contributed by atoms with Crippen LogP contribution in [0.25, 0.3) is 0 Å². The van der Waals surface area contributed by atoms with Gasteiger partial charge in [0, 0.05) is 18.8 Å². The summed E-state index contributed by atoms with van der Waals surface area (Å²) in [7, 11) is 0. The molecule has 76 valence electrons. The quantitative estimate of drug-likeness (QED) is 0.642. The molecule has 0 aliphatic carbocycles. The highest BCUT2D eigenvalue weighted by atomic mass is 19.1. The van der Waals surface area contributed by atoms with E-state index in [0.717, 1.165) is 5.69 Å². The SMILES string of the molecule is O=C(O)NCCNc1ccc(F)cc1. The van der Waals surface area contributed by atoms with Crippen LogP contribution in [0.15, 0.2) is 24.3 Å². The first kappa shape index (κ1) is 10.3. The molecule has 0 heterocycles. The number of amides is 1. The molecule has 5 heteroatoms. The Morgan fingerprint density at radius 2 is 1.93 bits per heavy atom. The summed E-state index contributed by atoms with van der Waals surface area (Å²) in [5, 5.41) is 13.4. The number of hydrogen-bond acceptors (Lipinski definition) is 2. The number of halogens is 1. The predicted molar refractivity (Wildman–Crippen MR) is 50.9 cm³/mol. The van der Waals surface area contributed by atoms with Gasteiger partial charge in [0.25, 0.3) is 0 Å². The van der Waals surface area contributed by atoms with Crippen molar-refractivity contribution in [2.24, 2.45) is 0 Å². The van der Waals surface area contributed by atoms with Crippen LogP contribution in [0.3, 0.4) is 0 Å². The first-order valence-corrected chi connectivity index (χ1v) is 4.15. The summed E-state index contributed by atoms with van der Waals surface area (Å²) in [5.41, 5.74) is 0.763. The van der Waals surface area contributed by atoms with E-state index in [1.54, 1.807) is 12.1 Å². The minimum Gasteiger partial charge on any atom is -0.465 e. The van der Waals surface area contributed by atoms with Gasteiger partial charge >= 0.3 is 6.09 Å². The smallest absolute Gasteiger partial charge is 0.404 e. The highest BCUT2D eigenvalue weighted by molar-refractivity contribution is 5.64. The minimum absolute atomic E-state index is 0.292. The molecule has 0 fully saturated rings. The van der Waals surface area contributed by atoms with Crippen LogP contribution in [0, 0.1) is 5.82 Å². The van der Waals surface area contributed by atoms with Crippen LogP contribution in [0.4, 0.5) is 14.9 Å². The topological polar surface area (TPSA) is 61.4 Å². The maximum atomic E-state index is 12.5. The van der Waals surface area contributed by atoms with Gasteiger partial charge in [-0.05, 0) is 24.3 Å². The first-order valence-electron chi connectivity index (χ1n) is 4.15. The first-order chi connectivity index (χ1) is 6.68. The summed E-state index contributed by atoms with van der Waals surface area (Å²) < 4.78 is 12.5. The predicted octanol–water partition coefficient (Wildman–Crippen LogP) is 1.51. The second-order valence-electron chi connectivity index (χ2n) is 2.67. The zero-order valence-corrected chi connectivity index (χ0v) is 7.46. The molecule has 0 spiro atoms. The minimum atomic E-state index is -1.05. The van der Waals surface area contributed by atoms with Crippen LogP contribution in [0.2, 0.25) is 0 Å². The Kier molecular flexibility index (Phi) is 3.72. The lowest BCUT2D eigenvalue weighted by molar-refractivity contribution is 0.195. The molecule has 0 radical (unpaired) electrons. The van der Waals surface area contributed by atoms with Crippen molar-refractivity contribution in [3.63, 3.8) is 0 Å². The van der Waals surface area contributed by atoms with Crippen molar-refractivity contribution in [1.29, 1.82) is 0 Å². The summed E-state index contributed by atoms with van der Waals surface area (Å²) in [6, 6.07) is 5.87. The number of carboxylic acid groups (broad SMARTS) is 1. The van der Waals surface area contributed by atoms with Gasteiger partial charge in [-0.3, -0.25) is 0 Å². The van der Waals surface area contributed by atoms with E-state index < -0.39 is 6.09 Å². The number of hydrogen-bond donors (Lipinski definition) is 3. The standard InChI is InChI=1S/C9H11FN2O2/c10-7-1-3-8(4-2-7)11-5-6-12-9(13)14/h1-4,11-12H,5-6H2,(H,13,14). The summed E-state index contributed by atoms with van der Waals surface area (Å²) >= 11 is 0. The van der Waals surface area contributed by atoms with Gasteiger partial charge in [-0.1, -0.05) is 0 Å². The molecule has 0 aliphatic rings.